The normalized spacial score (nSPS) is 11.2. The second-order valence-corrected chi connectivity index (χ2v) is 7.89. The lowest BCUT2D eigenvalue weighted by Gasteiger charge is -2.07. The van der Waals surface area contributed by atoms with Crippen LogP contribution in [0.15, 0.2) is 59.3 Å². The van der Waals surface area contributed by atoms with Crippen LogP contribution in [0.1, 0.15) is 10.4 Å². The highest BCUT2D eigenvalue weighted by Crippen LogP contribution is 2.27. The molecule has 4 aromatic rings. The number of para-hydroxylation sites is 1. The summed E-state index contributed by atoms with van der Waals surface area (Å²) >= 11 is 9.76. The maximum atomic E-state index is 6.35. The number of thiophene rings is 1. The Balaban J connectivity index is 1.46. The van der Waals surface area contributed by atoms with E-state index in [0.717, 1.165) is 34.6 Å². The molecular formula is C18H15ClN4S2. The molecule has 3 heterocycles. The lowest BCUT2D eigenvalue weighted by molar-refractivity contribution is 0.637. The maximum Gasteiger partial charge on any atom is 0.191 e. The third-order valence-electron chi connectivity index (χ3n) is 3.87. The molecule has 0 aliphatic carbocycles. The van der Waals surface area contributed by atoms with Crippen LogP contribution in [0.3, 0.4) is 0 Å². The van der Waals surface area contributed by atoms with Crippen LogP contribution in [0.25, 0.3) is 10.9 Å². The average molecular weight is 387 g/mol. The standard InChI is InChI=1S/C18H15ClN4S2/c19-17-14(10-13-4-1-2-6-16(13)21-17)11-25-18-22-20-12-23(18)8-7-15-5-3-9-24-15/h1-6,9-10,12H,7-8,11H2. The molecule has 0 aliphatic heterocycles. The third kappa shape index (κ3) is 3.86. The van der Waals surface area contributed by atoms with Crippen molar-refractivity contribution in [1.82, 2.24) is 19.7 Å². The van der Waals surface area contributed by atoms with Crippen LogP contribution < -0.4 is 0 Å². The van der Waals surface area contributed by atoms with Gasteiger partial charge >= 0.3 is 0 Å². The minimum absolute atomic E-state index is 0.552. The van der Waals surface area contributed by atoms with Crippen LogP contribution in [0.5, 0.6) is 0 Å². The van der Waals surface area contributed by atoms with Crippen molar-refractivity contribution in [2.75, 3.05) is 0 Å². The zero-order valence-electron chi connectivity index (χ0n) is 13.3. The van der Waals surface area contributed by atoms with Gasteiger partial charge in [0.1, 0.15) is 11.5 Å². The van der Waals surface area contributed by atoms with Gasteiger partial charge in [-0.2, -0.15) is 0 Å². The zero-order valence-corrected chi connectivity index (χ0v) is 15.7. The van der Waals surface area contributed by atoms with E-state index in [-0.39, 0.29) is 0 Å². The Morgan fingerprint density at radius 2 is 2.08 bits per heavy atom. The number of hydrogen-bond acceptors (Lipinski definition) is 5. The molecule has 0 bridgehead atoms. The van der Waals surface area contributed by atoms with E-state index in [1.54, 1.807) is 29.4 Å². The van der Waals surface area contributed by atoms with Gasteiger partial charge in [-0.15, -0.1) is 21.5 Å². The van der Waals surface area contributed by atoms with E-state index in [2.05, 4.69) is 49.4 Å². The van der Waals surface area contributed by atoms with Gasteiger partial charge in [0.2, 0.25) is 0 Å². The van der Waals surface area contributed by atoms with E-state index < -0.39 is 0 Å². The predicted octanol–water partition coefficient (Wildman–Crippen LogP) is 5.08. The molecule has 0 fully saturated rings. The number of aryl methyl sites for hydroxylation is 2. The van der Waals surface area contributed by atoms with Crippen molar-refractivity contribution in [3.8, 4) is 0 Å². The van der Waals surface area contributed by atoms with Crippen molar-refractivity contribution in [2.45, 2.75) is 23.9 Å². The number of aromatic nitrogens is 4. The number of nitrogens with zero attached hydrogens (tertiary/aromatic N) is 4. The Kier molecular flexibility index (Phi) is 5.01. The molecule has 0 saturated carbocycles. The summed E-state index contributed by atoms with van der Waals surface area (Å²) in [6.45, 7) is 0.875. The molecule has 7 heteroatoms. The van der Waals surface area contributed by atoms with Crippen LogP contribution in [0.4, 0.5) is 0 Å². The summed E-state index contributed by atoms with van der Waals surface area (Å²) in [4.78, 5) is 5.85. The number of fused-ring (bicyclic) bond motifs is 1. The third-order valence-corrected chi connectivity index (χ3v) is 6.16. The van der Waals surface area contributed by atoms with E-state index in [1.807, 2.05) is 18.2 Å². The molecule has 0 atom stereocenters. The predicted molar refractivity (Wildman–Crippen MR) is 104 cm³/mol. The van der Waals surface area contributed by atoms with Crippen molar-refractivity contribution >= 4 is 45.6 Å². The smallest absolute Gasteiger partial charge is 0.191 e. The lowest BCUT2D eigenvalue weighted by atomic mass is 10.2. The quantitative estimate of drug-likeness (QED) is 0.342. The Bertz CT molecular complexity index is 982. The molecule has 0 amide bonds. The van der Waals surface area contributed by atoms with E-state index in [0.29, 0.717) is 10.9 Å². The second-order valence-electron chi connectivity index (χ2n) is 5.56. The molecule has 0 unspecified atom stereocenters. The van der Waals surface area contributed by atoms with Crippen molar-refractivity contribution < 1.29 is 0 Å². The summed E-state index contributed by atoms with van der Waals surface area (Å²) < 4.78 is 2.09. The molecule has 0 radical (unpaired) electrons. The summed E-state index contributed by atoms with van der Waals surface area (Å²) in [6, 6.07) is 14.3. The molecule has 0 N–H and O–H groups in total. The SMILES string of the molecule is Clc1nc2ccccc2cc1CSc1nncn1CCc1cccs1. The van der Waals surface area contributed by atoms with Gasteiger partial charge in [-0.05, 0) is 30.0 Å². The molecule has 0 aliphatic rings. The number of rotatable bonds is 6. The summed E-state index contributed by atoms with van der Waals surface area (Å²) in [5, 5.41) is 12.9. The largest absolute Gasteiger partial charge is 0.308 e. The number of pyridine rings is 1. The summed E-state index contributed by atoms with van der Waals surface area (Å²) in [5.74, 6) is 0.717. The first-order chi connectivity index (χ1) is 12.3. The Labute approximate surface area is 158 Å². The van der Waals surface area contributed by atoms with E-state index in [9.17, 15) is 0 Å². The Morgan fingerprint density at radius 3 is 2.96 bits per heavy atom. The molecule has 0 spiro atoms. The first kappa shape index (κ1) is 16.6. The van der Waals surface area contributed by atoms with Gasteiger partial charge in [0.25, 0.3) is 0 Å². The monoisotopic (exact) mass is 386 g/mol. The minimum atomic E-state index is 0.552. The molecule has 4 rings (SSSR count). The van der Waals surface area contributed by atoms with Crippen LogP contribution in [0, 0.1) is 0 Å². The maximum absolute atomic E-state index is 6.35. The summed E-state index contributed by atoms with van der Waals surface area (Å²) in [7, 11) is 0. The minimum Gasteiger partial charge on any atom is -0.308 e. The highest BCUT2D eigenvalue weighted by atomic mass is 35.5. The topological polar surface area (TPSA) is 43.6 Å². The highest BCUT2D eigenvalue weighted by Gasteiger charge is 2.10. The van der Waals surface area contributed by atoms with Crippen molar-refractivity contribution in [3.05, 3.63) is 69.8 Å². The van der Waals surface area contributed by atoms with Crippen LogP contribution in [0.2, 0.25) is 5.15 Å². The Hall–Kier alpha value is -1.89. The molecular weight excluding hydrogens is 372 g/mol. The fourth-order valence-corrected chi connectivity index (χ4v) is 4.48. The van der Waals surface area contributed by atoms with E-state index in [1.165, 1.54) is 4.88 Å². The van der Waals surface area contributed by atoms with Gasteiger partial charge in [0.05, 0.1) is 5.52 Å². The Morgan fingerprint density at radius 1 is 1.16 bits per heavy atom. The second kappa shape index (κ2) is 7.56. The molecule has 4 nitrogen and oxygen atoms in total. The van der Waals surface area contributed by atoms with Crippen molar-refractivity contribution in [3.63, 3.8) is 0 Å². The van der Waals surface area contributed by atoms with Gasteiger partial charge in [0, 0.05) is 28.1 Å². The first-order valence-electron chi connectivity index (χ1n) is 7.87. The average Bonchev–Trinajstić information content (AvgIpc) is 3.29. The van der Waals surface area contributed by atoms with Gasteiger partial charge in [-0.25, -0.2) is 4.98 Å². The molecule has 0 saturated heterocycles. The number of halogens is 1. The number of benzene rings is 1. The summed E-state index contributed by atoms with van der Waals surface area (Å²) in [6.07, 6.45) is 2.78. The van der Waals surface area contributed by atoms with E-state index >= 15 is 0 Å². The fraction of sp³-hybridized carbons (Fsp3) is 0.167. The van der Waals surface area contributed by atoms with Gasteiger partial charge < -0.3 is 4.57 Å². The zero-order chi connectivity index (χ0) is 17.1. The van der Waals surface area contributed by atoms with Crippen LogP contribution in [-0.2, 0) is 18.7 Å². The molecule has 1 aromatic carbocycles. The van der Waals surface area contributed by atoms with E-state index in [4.69, 9.17) is 11.6 Å². The van der Waals surface area contributed by atoms with Crippen LogP contribution in [-0.4, -0.2) is 19.7 Å². The highest BCUT2D eigenvalue weighted by molar-refractivity contribution is 7.98. The number of thioether (sulfide) groups is 1. The van der Waals surface area contributed by atoms with Gasteiger partial charge in [-0.1, -0.05) is 47.6 Å². The van der Waals surface area contributed by atoms with Crippen molar-refractivity contribution in [2.24, 2.45) is 0 Å². The first-order valence-corrected chi connectivity index (χ1v) is 10.1. The lowest BCUT2D eigenvalue weighted by Crippen LogP contribution is -2.01. The fourth-order valence-electron chi connectivity index (χ4n) is 2.57. The number of hydrogen-bond donors (Lipinski definition) is 0. The molecule has 25 heavy (non-hydrogen) atoms. The van der Waals surface area contributed by atoms with Crippen LogP contribution >= 0.6 is 34.7 Å². The van der Waals surface area contributed by atoms with Crippen molar-refractivity contribution in [1.29, 1.82) is 0 Å². The summed E-state index contributed by atoms with van der Waals surface area (Å²) in [5.41, 5.74) is 1.93. The molecule has 3 aromatic heterocycles. The molecule has 126 valence electrons. The van der Waals surface area contributed by atoms with Gasteiger partial charge in [0.15, 0.2) is 5.16 Å². The van der Waals surface area contributed by atoms with Gasteiger partial charge in [-0.3, -0.25) is 0 Å².